The zero-order valence-electron chi connectivity index (χ0n) is 10.2. The van der Waals surface area contributed by atoms with E-state index in [2.05, 4.69) is 0 Å². The van der Waals surface area contributed by atoms with E-state index in [1.165, 1.54) is 0 Å². The van der Waals surface area contributed by atoms with Crippen LogP contribution >= 0.6 is 11.8 Å². The first kappa shape index (κ1) is 17.1. The van der Waals surface area contributed by atoms with E-state index in [1.54, 1.807) is 13.8 Å². The normalized spacial score (nSPS) is 11.7. The molecule has 1 N–H and O–H groups in total. The van der Waals surface area contributed by atoms with Gasteiger partial charge in [-0.05, 0) is 17.7 Å². The van der Waals surface area contributed by atoms with E-state index in [0.29, 0.717) is 0 Å². The maximum Gasteiger partial charge on any atom is 0.442 e. The predicted octanol–water partition coefficient (Wildman–Crippen LogP) is 2.20. The van der Waals surface area contributed by atoms with Crippen LogP contribution in [0.4, 0.5) is 13.2 Å². The summed E-state index contributed by atoms with van der Waals surface area (Å²) in [7, 11) is 0. The molecule has 0 aromatic heterocycles. The number of rotatable bonds is 7. The Balaban J connectivity index is 4.35. The van der Waals surface area contributed by atoms with Gasteiger partial charge in [0.2, 0.25) is 5.91 Å². The van der Waals surface area contributed by atoms with Crippen LogP contribution in [-0.4, -0.2) is 46.2 Å². The molecule has 4 nitrogen and oxygen atoms in total. The molecule has 1 amide bonds. The molecule has 0 bridgehead atoms. The molecule has 0 aliphatic heterocycles. The second-order valence-corrected chi connectivity index (χ2v) is 5.15. The molecule has 0 aromatic rings. The summed E-state index contributed by atoms with van der Waals surface area (Å²) in [6.45, 7) is 3.80. The minimum Gasteiger partial charge on any atom is -0.481 e. The quantitative estimate of drug-likeness (QED) is 0.780. The van der Waals surface area contributed by atoms with Crippen molar-refractivity contribution >= 4 is 23.6 Å². The first-order valence-corrected chi connectivity index (χ1v) is 6.30. The zero-order chi connectivity index (χ0) is 14.3. The second-order valence-electron chi connectivity index (χ2n) is 4.11. The first-order chi connectivity index (χ1) is 8.11. The number of hydrogen-bond donors (Lipinski definition) is 1. The molecule has 0 saturated carbocycles. The molecule has 0 aliphatic rings. The molecule has 0 unspecified atom stereocenters. The van der Waals surface area contributed by atoms with Crippen LogP contribution in [0.25, 0.3) is 0 Å². The Hall–Kier alpha value is -0.920. The van der Waals surface area contributed by atoms with Gasteiger partial charge in [0.15, 0.2) is 0 Å². The van der Waals surface area contributed by atoms with E-state index in [0.717, 1.165) is 4.90 Å². The highest BCUT2D eigenvalue weighted by Gasteiger charge is 2.30. The number of carboxylic acids is 1. The summed E-state index contributed by atoms with van der Waals surface area (Å²) in [6, 6.07) is 0. The van der Waals surface area contributed by atoms with Gasteiger partial charge in [0, 0.05) is 13.1 Å². The number of thioether (sulfide) groups is 1. The Morgan fingerprint density at radius 3 is 2.28 bits per heavy atom. The Labute approximate surface area is 108 Å². The van der Waals surface area contributed by atoms with Crippen molar-refractivity contribution < 1.29 is 27.9 Å². The molecule has 0 spiro atoms. The fourth-order valence-electron chi connectivity index (χ4n) is 1.22. The van der Waals surface area contributed by atoms with Crippen LogP contribution in [0.3, 0.4) is 0 Å². The number of aliphatic carboxylic acids is 1. The van der Waals surface area contributed by atoms with Gasteiger partial charge in [0.05, 0.1) is 12.2 Å². The smallest absolute Gasteiger partial charge is 0.442 e. The Morgan fingerprint density at radius 2 is 1.89 bits per heavy atom. The average molecular weight is 287 g/mol. The third-order valence-corrected chi connectivity index (χ3v) is 2.61. The number of amides is 1. The molecule has 0 radical (unpaired) electrons. The molecule has 0 fully saturated rings. The summed E-state index contributed by atoms with van der Waals surface area (Å²) in [6.07, 6.45) is -0.269. The zero-order valence-corrected chi connectivity index (χ0v) is 11.0. The number of alkyl halides is 3. The van der Waals surface area contributed by atoms with Crippen molar-refractivity contribution in [3.8, 4) is 0 Å². The van der Waals surface area contributed by atoms with Crippen LogP contribution in [-0.2, 0) is 9.59 Å². The lowest BCUT2D eigenvalue weighted by Crippen LogP contribution is -2.37. The van der Waals surface area contributed by atoms with E-state index < -0.39 is 34.9 Å². The van der Waals surface area contributed by atoms with Crippen LogP contribution < -0.4 is 0 Å². The lowest BCUT2D eigenvalue weighted by molar-refractivity contribution is -0.138. The summed E-state index contributed by atoms with van der Waals surface area (Å²) in [4.78, 5) is 23.1. The highest BCUT2D eigenvalue weighted by Crippen LogP contribution is 2.30. The summed E-state index contributed by atoms with van der Waals surface area (Å²) in [5.74, 6) is -2.42. The number of nitrogens with zero attached hydrogens (tertiary/aromatic N) is 1. The first-order valence-electron chi connectivity index (χ1n) is 5.32. The van der Waals surface area contributed by atoms with Gasteiger partial charge >= 0.3 is 11.5 Å². The lowest BCUT2D eigenvalue weighted by atomic mass is 10.2. The van der Waals surface area contributed by atoms with Crippen LogP contribution in [0.2, 0.25) is 0 Å². The van der Waals surface area contributed by atoms with E-state index >= 15 is 0 Å². The van der Waals surface area contributed by atoms with Crippen molar-refractivity contribution in [2.75, 3.05) is 18.8 Å². The van der Waals surface area contributed by atoms with Gasteiger partial charge in [-0.3, -0.25) is 9.59 Å². The molecule has 0 aliphatic carbocycles. The minimum absolute atomic E-state index is 0.0647. The predicted molar refractivity (Wildman–Crippen MR) is 62.2 cm³/mol. The van der Waals surface area contributed by atoms with Gasteiger partial charge in [-0.15, -0.1) is 0 Å². The molecule has 106 valence electrons. The van der Waals surface area contributed by atoms with Gasteiger partial charge in [-0.1, -0.05) is 13.8 Å². The highest BCUT2D eigenvalue weighted by molar-refractivity contribution is 8.00. The number of carboxylic acid groups (broad SMARTS) is 1. The van der Waals surface area contributed by atoms with Crippen molar-refractivity contribution in [3.05, 3.63) is 0 Å². The summed E-state index contributed by atoms with van der Waals surface area (Å²) >= 11 is -0.407. The Bertz CT molecular complexity index is 295. The van der Waals surface area contributed by atoms with Gasteiger partial charge in [-0.25, -0.2) is 0 Å². The molecular formula is C10H16F3NO3S. The fourth-order valence-corrected chi connectivity index (χ4v) is 1.69. The van der Waals surface area contributed by atoms with Crippen molar-refractivity contribution in [1.29, 1.82) is 0 Å². The van der Waals surface area contributed by atoms with E-state index in [1.807, 2.05) is 0 Å². The second kappa shape index (κ2) is 7.50. The van der Waals surface area contributed by atoms with E-state index in [-0.39, 0.29) is 25.4 Å². The third-order valence-electron chi connectivity index (χ3n) is 1.89. The molecule has 0 saturated heterocycles. The maximum atomic E-state index is 12.0. The van der Waals surface area contributed by atoms with E-state index in [9.17, 15) is 22.8 Å². The standard InChI is InChI=1S/C10H16F3NO3S/c1-7(2)5-14(4-3-9(16)17)8(15)6-18-10(11,12)13/h7H,3-6H2,1-2H3,(H,16,17). The number of halogens is 3. The van der Waals surface area contributed by atoms with Crippen molar-refractivity contribution in [2.24, 2.45) is 5.92 Å². The average Bonchev–Trinajstić information content (AvgIpc) is 2.19. The van der Waals surface area contributed by atoms with Gasteiger partial charge in [0.1, 0.15) is 0 Å². The number of carbonyl (C=O) groups is 2. The Morgan fingerprint density at radius 1 is 1.33 bits per heavy atom. The van der Waals surface area contributed by atoms with Crippen molar-refractivity contribution in [1.82, 2.24) is 4.90 Å². The molecule has 18 heavy (non-hydrogen) atoms. The van der Waals surface area contributed by atoms with Crippen molar-refractivity contribution in [3.63, 3.8) is 0 Å². The third kappa shape index (κ3) is 9.15. The monoisotopic (exact) mass is 287 g/mol. The van der Waals surface area contributed by atoms with Crippen LogP contribution in [0.15, 0.2) is 0 Å². The molecular weight excluding hydrogens is 271 g/mol. The Kier molecular flexibility index (Phi) is 7.12. The molecule has 0 heterocycles. The SMILES string of the molecule is CC(C)CN(CCC(=O)O)C(=O)CSC(F)(F)F. The van der Waals surface area contributed by atoms with Gasteiger partial charge in [-0.2, -0.15) is 13.2 Å². The maximum absolute atomic E-state index is 12.0. The van der Waals surface area contributed by atoms with Crippen LogP contribution in [0, 0.1) is 5.92 Å². The van der Waals surface area contributed by atoms with Crippen molar-refractivity contribution in [2.45, 2.75) is 25.8 Å². The van der Waals surface area contributed by atoms with E-state index in [4.69, 9.17) is 5.11 Å². The van der Waals surface area contributed by atoms with Crippen LogP contribution in [0.1, 0.15) is 20.3 Å². The minimum atomic E-state index is -4.45. The molecule has 8 heteroatoms. The summed E-state index contributed by atoms with van der Waals surface area (Å²) < 4.78 is 35.9. The molecule has 0 atom stereocenters. The van der Waals surface area contributed by atoms with Gasteiger partial charge < -0.3 is 10.0 Å². The highest BCUT2D eigenvalue weighted by atomic mass is 32.2. The topological polar surface area (TPSA) is 57.6 Å². The van der Waals surface area contributed by atoms with Gasteiger partial charge in [0.25, 0.3) is 0 Å². The lowest BCUT2D eigenvalue weighted by Gasteiger charge is -2.24. The number of carbonyl (C=O) groups excluding carboxylic acids is 1. The molecule has 0 aromatic carbocycles. The van der Waals surface area contributed by atoms with Crippen LogP contribution in [0.5, 0.6) is 0 Å². The number of hydrogen-bond acceptors (Lipinski definition) is 3. The summed E-state index contributed by atoms with van der Waals surface area (Å²) in [5.41, 5.74) is -4.45. The fraction of sp³-hybridized carbons (Fsp3) is 0.800. The largest absolute Gasteiger partial charge is 0.481 e. The summed E-state index contributed by atoms with van der Waals surface area (Å²) in [5, 5.41) is 8.51. The molecule has 0 rings (SSSR count).